The molecule has 0 radical (unpaired) electrons. The molecule has 0 aliphatic carbocycles. The summed E-state index contributed by atoms with van der Waals surface area (Å²) in [6.07, 6.45) is 1.47. The van der Waals surface area contributed by atoms with Crippen LogP contribution in [0.4, 0.5) is 0 Å². The number of aliphatic hydroxyl groups excluding tert-OH is 1. The minimum absolute atomic E-state index is 0.0959. The van der Waals surface area contributed by atoms with E-state index in [1.807, 2.05) is 0 Å². The first-order chi connectivity index (χ1) is 12.2. The van der Waals surface area contributed by atoms with Crippen molar-refractivity contribution in [2.75, 3.05) is 20.3 Å². The minimum atomic E-state index is -0.350. The van der Waals surface area contributed by atoms with Crippen LogP contribution in [0.25, 0.3) is 16.5 Å². The molecule has 0 unspecified atom stereocenters. The summed E-state index contributed by atoms with van der Waals surface area (Å²) in [6.45, 7) is 0.114. The first kappa shape index (κ1) is 16.7. The Morgan fingerprint density at radius 1 is 1.12 bits per heavy atom. The smallest absolute Gasteiger partial charge is 0.265 e. The number of aliphatic hydroxyl groups is 1. The van der Waals surface area contributed by atoms with Gasteiger partial charge in [-0.2, -0.15) is 0 Å². The number of aliphatic imine (C=N–C) groups is 1. The lowest BCUT2D eigenvalue weighted by Crippen LogP contribution is -2.20. The average molecular weight is 338 g/mol. The normalized spacial score (nSPS) is 11.3. The lowest BCUT2D eigenvalue weighted by atomic mass is 10.1. The summed E-state index contributed by atoms with van der Waals surface area (Å²) >= 11 is 0. The highest BCUT2D eigenvalue weighted by Crippen LogP contribution is 2.29. The Morgan fingerprint density at radius 2 is 1.80 bits per heavy atom. The zero-order chi connectivity index (χ0) is 17.8. The predicted molar refractivity (Wildman–Crippen MR) is 97.3 cm³/mol. The number of rotatable bonds is 5. The van der Waals surface area contributed by atoms with E-state index in [1.54, 1.807) is 48.5 Å². The van der Waals surface area contributed by atoms with Gasteiger partial charge in [0.05, 0.1) is 31.5 Å². The van der Waals surface area contributed by atoms with E-state index in [-0.39, 0.29) is 24.6 Å². The molecule has 0 aliphatic rings. The van der Waals surface area contributed by atoms with Crippen molar-refractivity contribution in [1.29, 1.82) is 0 Å². The molecule has 3 aromatic rings. The van der Waals surface area contributed by atoms with Gasteiger partial charge in [-0.15, -0.1) is 0 Å². The molecule has 1 aromatic heterocycles. The maximum Gasteiger partial charge on any atom is 0.265 e. The number of methoxy groups -OCH3 is 1. The maximum atomic E-state index is 13.0. The Morgan fingerprint density at radius 3 is 2.52 bits per heavy atom. The van der Waals surface area contributed by atoms with Crippen LogP contribution >= 0.6 is 0 Å². The summed E-state index contributed by atoms with van der Waals surface area (Å²) in [5.41, 5.74) is 0.501. The van der Waals surface area contributed by atoms with Gasteiger partial charge in [-0.05, 0) is 18.2 Å². The molecule has 6 nitrogen and oxygen atoms in total. The van der Waals surface area contributed by atoms with Gasteiger partial charge in [0.1, 0.15) is 5.75 Å². The number of aromatic nitrogens is 1. The molecule has 0 aliphatic heterocycles. The van der Waals surface area contributed by atoms with E-state index in [2.05, 4.69) is 4.99 Å². The number of aromatic hydroxyl groups is 1. The highest BCUT2D eigenvalue weighted by molar-refractivity contribution is 6.01. The van der Waals surface area contributed by atoms with Gasteiger partial charge in [0.2, 0.25) is 5.88 Å². The van der Waals surface area contributed by atoms with E-state index in [0.717, 1.165) is 0 Å². The van der Waals surface area contributed by atoms with Gasteiger partial charge in [-0.1, -0.05) is 30.3 Å². The summed E-state index contributed by atoms with van der Waals surface area (Å²) in [7, 11) is 1.51. The summed E-state index contributed by atoms with van der Waals surface area (Å²) in [4.78, 5) is 17.1. The third-order valence-electron chi connectivity index (χ3n) is 3.88. The highest BCUT2D eigenvalue weighted by Gasteiger charge is 2.18. The van der Waals surface area contributed by atoms with Crippen LogP contribution in [0.3, 0.4) is 0 Å². The summed E-state index contributed by atoms with van der Waals surface area (Å²) in [6, 6.07) is 14.0. The van der Waals surface area contributed by atoms with Crippen LogP contribution in [0.2, 0.25) is 0 Å². The van der Waals surface area contributed by atoms with Crippen molar-refractivity contribution in [2.45, 2.75) is 0 Å². The van der Waals surface area contributed by atoms with Gasteiger partial charge in [0.15, 0.2) is 0 Å². The fourth-order valence-electron chi connectivity index (χ4n) is 2.74. The van der Waals surface area contributed by atoms with E-state index < -0.39 is 0 Å². The Balaban J connectivity index is 2.38. The largest absolute Gasteiger partial charge is 0.495 e. The topological polar surface area (TPSA) is 84.1 Å². The highest BCUT2D eigenvalue weighted by atomic mass is 16.5. The van der Waals surface area contributed by atoms with E-state index >= 15 is 0 Å². The van der Waals surface area contributed by atoms with Gasteiger partial charge in [0.25, 0.3) is 5.56 Å². The van der Waals surface area contributed by atoms with Crippen molar-refractivity contribution in [3.63, 3.8) is 0 Å². The van der Waals surface area contributed by atoms with Crippen LogP contribution in [-0.2, 0) is 0 Å². The van der Waals surface area contributed by atoms with Crippen molar-refractivity contribution in [1.82, 2.24) is 4.57 Å². The molecule has 0 fully saturated rings. The molecule has 1 heterocycles. The molecule has 6 heteroatoms. The average Bonchev–Trinajstić information content (AvgIpc) is 2.65. The van der Waals surface area contributed by atoms with Crippen LogP contribution in [0.1, 0.15) is 5.56 Å². The van der Waals surface area contributed by atoms with Gasteiger partial charge in [0, 0.05) is 17.0 Å². The molecule has 0 atom stereocenters. The predicted octanol–water partition coefficient (Wildman–Crippen LogP) is 2.12. The van der Waals surface area contributed by atoms with Gasteiger partial charge in [-0.25, -0.2) is 4.57 Å². The van der Waals surface area contributed by atoms with Crippen LogP contribution in [0.15, 0.2) is 58.3 Å². The number of hydrogen-bond donors (Lipinski definition) is 2. The number of ether oxygens (including phenoxy) is 1. The molecule has 0 spiro atoms. The van der Waals surface area contributed by atoms with Crippen molar-refractivity contribution in [2.24, 2.45) is 4.99 Å². The van der Waals surface area contributed by atoms with E-state index in [0.29, 0.717) is 27.8 Å². The number of hydrogen-bond acceptors (Lipinski definition) is 5. The molecule has 3 rings (SSSR count). The molecule has 25 heavy (non-hydrogen) atoms. The van der Waals surface area contributed by atoms with Crippen LogP contribution in [0.5, 0.6) is 11.6 Å². The standard InChI is InChI=1S/C19H18N2O4/c1-25-17-9-5-4-8-16(17)21-18(23)14-7-3-2-6-13(14)15(19(21)24)12-20-10-11-22/h2-9,12,22,24H,10-11H2,1H3. The van der Waals surface area contributed by atoms with E-state index in [1.165, 1.54) is 17.9 Å². The van der Waals surface area contributed by atoms with Crippen LogP contribution < -0.4 is 10.3 Å². The number of nitrogens with zero attached hydrogens (tertiary/aromatic N) is 2. The first-order valence-corrected chi connectivity index (χ1v) is 7.79. The lowest BCUT2D eigenvalue weighted by molar-refractivity contribution is 0.307. The minimum Gasteiger partial charge on any atom is -0.495 e. The third kappa shape index (κ3) is 2.99. The first-order valence-electron chi connectivity index (χ1n) is 7.79. The van der Waals surface area contributed by atoms with Crippen LogP contribution in [-0.4, -0.2) is 41.3 Å². The summed E-state index contributed by atoms with van der Waals surface area (Å²) in [5.74, 6) is 0.239. The zero-order valence-electron chi connectivity index (χ0n) is 13.7. The molecular formula is C19H18N2O4. The lowest BCUT2D eigenvalue weighted by Gasteiger charge is -2.15. The number of benzene rings is 2. The second-order valence-electron chi connectivity index (χ2n) is 5.35. The van der Waals surface area contributed by atoms with E-state index in [4.69, 9.17) is 9.84 Å². The molecule has 128 valence electrons. The van der Waals surface area contributed by atoms with Gasteiger partial charge in [-0.3, -0.25) is 9.79 Å². The fourth-order valence-corrected chi connectivity index (χ4v) is 2.74. The van der Waals surface area contributed by atoms with Crippen molar-refractivity contribution in [3.8, 4) is 17.3 Å². The second-order valence-corrected chi connectivity index (χ2v) is 5.35. The molecule has 2 aromatic carbocycles. The van der Waals surface area contributed by atoms with E-state index in [9.17, 15) is 9.90 Å². The van der Waals surface area contributed by atoms with Crippen molar-refractivity contribution < 1.29 is 14.9 Å². The number of para-hydroxylation sites is 2. The molecular weight excluding hydrogens is 320 g/mol. The molecule has 2 N–H and O–H groups in total. The van der Waals surface area contributed by atoms with Crippen molar-refractivity contribution >= 4 is 17.0 Å². The molecule has 0 bridgehead atoms. The zero-order valence-corrected chi connectivity index (χ0v) is 13.7. The Hall–Kier alpha value is -3.12. The summed E-state index contributed by atoms with van der Waals surface area (Å²) in [5, 5.41) is 20.8. The van der Waals surface area contributed by atoms with Gasteiger partial charge >= 0.3 is 0 Å². The molecule has 0 saturated heterocycles. The Labute approximate surface area is 144 Å². The summed E-state index contributed by atoms with van der Waals surface area (Å²) < 4.78 is 6.53. The monoisotopic (exact) mass is 338 g/mol. The molecule has 0 amide bonds. The number of pyridine rings is 1. The second kappa shape index (κ2) is 7.19. The maximum absolute atomic E-state index is 13.0. The third-order valence-corrected chi connectivity index (χ3v) is 3.88. The van der Waals surface area contributed by atoms with Crippen LogP contribution in [0, 0.1) is 0 Å². The Bertz CT molecular complexity index is 992. The number of fused-ring (bicyclic) bond motifs is 1. The van der Waals surface area contributed by atoms with Gasteiger partial charge < -0.3 is 14.9 Å². The quantitative estimate of drug-likeness (QED) is 0.698. The molecule has 0 saturated carbocycles. The van der Waals surface area contributed by atoms with Crippen molar-refractivity contribution in [3.05, 3.63) is 64.4 Å². The fraction of sp³-hybridized carbons (Fsp3) is 0.158. The SMILES string of the molecule is COc1ccccc1-n1c(O)c(C=NCCO)c2ccccc2c1=O. The Kier molecular flexibility index (Phi) is 4.81.